The standard InChI is InChI=1S/C9H13N3O2S/c10-15(13,14)12-7-3-6-11-8-4-1-2-5-9(8)12/h1-2,4-5,11H,3,6-7H2,(H2,10,13,14). The molecule has 3 N–H and O–H groups in total. The van der Waals surface area contributed by atoms with Crippen molar-refractivity contribution in [3.63, 3.8) is 0 Å². The first-order valence-electron chi connectivity index (χ1n) is 4.72. The molecule has 1 heterocycles. The average molecular weight is 227 g/mol. The third-order valence-corrected chi connectivity index (χ3v) is 3.33. The Morgan fingerprint density at radius 1 is 1.33 bits per heavy atom. The molecule has 0 unspecified atom stereocenters. The Labute approximate surface area is 89.1 Å². The van der Waals surface area contributed by atoms with E-state index in [0.29, 0.717) is 12.2 Å². The summed E-state index contributed by atoms with van der Waals surface area (Å²) in [5.74, 6) is 0. The summed E-state index contributed by atoms with van der Waals surface area (Å²) in [7, 11) is -3.67. The average Bonchev–Trinajstić information content (AvgIpc) is 2.38. The van der Waals surface area contributed by atoms with Crippen molar-refractivity contribution < 1.29 is 8.42 Å². The summed E-state index contributed by atoms with van der Waals surface area (Å²) in [5, 5.41) is 8.33. The van der Waals surface area contributed by atoms with Crippen molar-refractivity contribution in [2.24, 2.45) is 5.14 Å². The first-order chi connectivity index (χ1) is 7.09. The topological polar surface area (TPSA) is 75.4 Å². The maximum atomic E-state index is 11.4. The van der Waals surface area contributed by atoms with Gasteiger partial charge in [-0.3, -0.25) is 4.31 Å². The molecule has 0 radical (unpaired) electrons. The van der Waals surface area contributed by atoms with Gasteiger partial charge >= 0.3 is 0 Å². The molecule has 82 valence electrons. The molecule has 1 aromatic carbocycles. The van der Waals surface area contributed by atoms with E-state index in [4.69, 9.17) is 5.14 Å². The smallest absolute Gasteiger partial charge is 0.299 e. The van der Waals surface area contributed by atoms with Gasteiger partial charge in [0.25, 0.3) is 10.2 Å². The van der Waals surface area contributed by atoms with Gasteiger partial charge in [0, 0.05) is 13.1 Å². The highest BCUT2D eigenvalue weighted by Crippen LogP contribution is 2.28. The zero-order chi connectivity index (χ0) is 10.9. The number of nitrogens with one attached hydrogen (secondary N) is 1. The summed E-state index contributed by atoms with van der Waals surface area (Å²) in [4.78, 5) is 0. The maximum absolute atomic E-state index is 11.4. The molecule has 0 saturated carbocycles. The second-order valence-electron chi connectivity index (χ2n) is 3.41. The molecule has 2 rings (SSSR count). The van der Waals surface area contributed by atoms with E-state index >= 15 is 0 Å². The van der Waals surface area contributed by atoms with Crippen molar-refractivity contribution >= 4 is 21.6 Å². The van der Waals surface area contributed by atoms with Crippen LogP contribution < -0.4 is 14.8 Å². The summed E-state index contributed by atoms with van der Waals surface area (Å²) in [6.07, 6.45) is 0.741. The predicted molar refractivity (Wildman–Crippen MR) is 60.0 cm³/mol. The van der Waals surface area contributed by atoms with E-state index in [1.54, 1.807) is 12.1 Å². The fourth-order valence-electron chi connectivity index (χ4n) is 1.67. The van der Waals surface area contributed by atoms with Gasteiger partial charge in [-0.2, -0.15) is 8.42 Å². The van der Waals surface area contributed by atoms with Gasteiger partial charge in [-0.1, -0.05) is 12.1 Å². The molecule has 0 amide bonds. The minimum atomic E-state index is -3.67. The molecular weight excluding hydrogens is 214 g/mol. The highest BCUT2D eigenvalue weighted by molar-refractivity contribution is 7.90. The lowest BCUT2D eigenvalue weighted by molar-refractivity contribution is 0.592. The summed E-state index contributed by atoms with van der Waals surface area (Å²) in [6.45, 7) is 1.17. The number of fused-ring (bicyclic) bond motifs is 1. The third-order valence-electron chi connectivity index (χ3n) is 2.33. The highest BCUT2D eigenvalue weighted by Gasteiger charge is 2.22. The van der Waals surface area contributed by atoms with Crippen LogP contribution >= 0.6 is 0 Å². The maximum Gasteiger partial charge on any atom is 0.299 e. The number of hydrogen-bond acceptors (Lipinski definition) is 3. The Bertz CT molecular complexity index is 458. The van der Waals surface area contributed by atoms with Gasteiger partial charge < -0.3 is 5.32 Å². The number of rotatable bonds is 1. The molecule has 0 bridgehead atoms. The SMILES string of the molecule is NS(=O)(=O)N1CCCNc2ccccc21. The van der Waals surface area contributed by atoms with Crippen molar-refractivity contribution in [1.29, 1.82) is 0 Å². The van der Waals surface area contributed by atoms with Crippen LogP contribution in [-0.2, 0) is 10.2 Å². The molecule has 5 nitrogen and oxygen atoms in total. The van der Waals surface area contributed by atoms with Gasteiger partial charge in [0.15, 0.2) is 0 Å². The molecule has 0 saturated heterocycles. The Kier molecular flexibility index (Phi) is 2.54. The van der Waals surface area contributed by atoms with Crippen LogP contribution in [0.15, 0.2) is 24.3 Å². The Hall–Kier alpha value is -1.27. The van der Waals surface area contributed by atoms with Crippen LogP contribution in [0.1, 0.15) is 6.42 Å². The molecule has 15 heavy (non-hydrogen) atoms. The van der Waals surface area contributed by atoms with E-state index < -0.39 is 10.2 Å². The summed E-state index contributed by atoms with van der Waals surface area (Å²) in [6, 6.07) is 7.25. The van der Waals surface area contributed by atoms with Gasteiger partial charge in [-0.25, -0.2) is 5.14 Å². The van der Waals surface area contributed by atoms with Gasteiger partial charge in [0.2, 0.25) is 0 Å². The Morgan fingerprint density at radius 3 is 2.80 bits per heavy atom. The molecule has 0 atom stereocenters. The van der Waals surface area contributed by atoms with E-state index in [-0.39, 0.29) is 0 Å². The summed E-state index contributed by atoms with van der Waals surface area (Å²) in [5.41, 5.74) is 1.43. The predicted octanol–water partition coefficient (Wildman–Crippen LogP) is 0.512. The van der Waals surface area contributed by atoms with Crippen LogP contribution in [-0.4, -0.2) is 21.5 Å². The highest BCUT2D eigenvalue weighted by atomic mass is 32.2. The zero-order valence-electron chi connectivity index (χ0n) is 8.18. The van der Waals surface area contributed by atoms with Crippen molar-refractivity contribution in [2.45, 2.75) is 6.42 Å². The van der Waals surface area contributed by atoms with Gasteiger partial charge in [-0.15, -0.1) is 0 Å². The zero-order valence-corrected chi connectivity index (χ0v) is 9.00. The first-order valence-corrected chi connectivity index (χ1v) is 6.23. The van der Waals surface area contributed by atoms with Crippen LogP contribution in [0.25, 0.3) is 0 Å². The van der Waals surface area contributed by atoms with Crippen LogP contribution in [0, 0.1) is 0 Å². The lowest BCUT2D eigenvalue weighted by atomic mass is 10.2. The minimum Gasteiger partial charge on any atom is -0.383 e. The van der Waals surface area contributed by atoms with Crippen LogP contribution in [0.5, 0.6) is 0 Å². The molecule has 6 heteroatoms. The monoisotopic (exact) mass is 227 g/mol. The largest absolute Gasteiger partial charge is 0.383 e. The quantitative estimate of drug-likeness (QED) is 0.734. The Morgan fingerprint density at radius 2 is 2.07 bits per heavy atom. The summed E-state index contributed by atoms with van der Waals surface area (Å²) >= 11 is 0. The van der Waals surface area contributed by atoms with E-state index in [2.05, 4.69) is 5.32 Å². The van der Waals surface area contributed by atoms with E-state index in [0.717, 1.165) is 18.7 Å². The number of nitrogens with two attached hydrogens (primary N) is 1. The number of anilines is 2. The molecule has 0 fully saturated rings. The van der Waals surface area contributed by atoms with Crippen LogP contribution in [0.2, 0.25) is 0 Å². The van der Waals surface area contributed by atoms with Crippen molar-refractivity contribution in [3.05, 3.63) is 24.3 Å². The molecule has 1 aromatic rings. The van der Waals surface area contributed by atoms with E-state index in [9.17, 15) is 8.42 Å². The lowest BCUT2D eigenvalue weighted by Crippen LogP contribution is -2.37. The van der Waals surface area contributed by atoms with E-state index in [1.165, 1.54) is 4.31 Å². The molecule has 0 aromatic heterocycles. The van der Waals surface area contributed by atoms with Gasteiger partial charge in [0.1, 0.15) is 0 Å². The molecule has 1 aliphatic heterocycles. The summed E-state index contributed by atoms with van der Waals surface area (Å²) < 4.78 is 24.0. The van der Waals surface area contributed by atoms with Crippen molar-refractivity contribution in [1.82, 2.24) is 0 Å². The number of nitrogens with zero attached hydrogens (tertiary/aromatic N) is 1. The second-order valence-corrected chi connectivity index (χ2v) is 4.89. The Balaban J connectivity index is 2.51. The van der Waals surface area contributed by atoms with E-state index in [1.807, 2.05) is 12.1 Å². The lowest BCUT2D eigenvalue weighted by Gasteiger charge is -2.20. The fraction of sp³-hybridized carbons (Fsp3) is 0.333. The molecular formula is C9H13N3O2S. The molecule has 0 aliphatic carbocycles. The van der Waals surface area contributed by atoms with Crippen LogP contribution in [0.4, 0.5) is 11.4 Å². The number of benzene rings is 1. The fourth-order valence-corrected chi connectivity index (χ4v) is 2.49. The molecule has 1 aliphatic rings. The number of hydrogen-bond donors (Lipinski definition) is 2. The number of para-hydroxylation sites is 2. The second kappa shape index (κ2) is 3.71. The normalized spacial score (nSPS) is 16.5. The van der Waals surface area contributed by atoms with Gasteiger partial charge in [0.05, 0.1) is 11.4 Å². The minimum absolute atomic E-state index is 0.419. The van der Waals surface area contributed by atoms with Crippen LogP contribution in [0.3, 0.4) is 0 Å². The van der Waals surface area contributed by atoms with Gasteiger partial charge in [-0.05, 0) is 18.6 Å². The van der Waals surface area contributed by atoms with Crippen molar-refractivity contribution in [3.8, 4) is 0 Å². The first kappa shape index (κ1) is 10.3. The third kappa shape index (κ3) is 2.05. The van der Waals surface area contributed by atoms with Crippen molar-refractivity contribution in [2.75, 3.05) is 22.7 Å². The molecule has 0 spiro atoms.